The smallest absolute Gasteiger partial charge is 0.338 e. The van der Waals surface area contributed by atoms with Gasteiger partial charge in [-0.15, -0.1) is 11.3 Å². The fourth-order valence-electron chi connectivity index (χ4n) is 4.10. The molecule has 2 N–H and O–H groups in total. The second-order valence-electron chi connectivity index (χ2n) is 7.70. The summed E-state index contributed by atoms with van der Waals surface area (Å²) in [6.07, 6.45) is 1.05. The highest BCUT2D eigenvalue weighted by Crippen LogP contribution is 2.37. The summed E-state index contributed by atoms with van der Waals surface area (Å²) >= 11 is 7.60. The highest BCUT2D eigenvalue weighted by atomic mass is 35.5. The number of carbonyl (C=O) groups is 2. The van der Waals surface area contributed by atoms with Crippen LogP contribution in [0.5, 0.6) is 0 Å². The average molecular weight is 509 g/mol. The second kappa shape index (κ2) is 10.2. The van der Waals surface area contributed by atoms with Crippen molar-refractivity contribution in [2.24, 2.45) is 4.99 Å². The van der Waals surface area contributed by atoms with Crippen LogP contribution < -0.4 is 5.32 Å². The van der Waals surface area contributed by atoms with E-state index in [2.05, 4.69) is 15.3 Å². The van der Waals surface area contributed by atoms with E-state index >= 15 is 0 Å². The Morgan fingerprint density at radius 2 is 2.24 bits per heavy atom. The van der Waals surface area contributed by atoms with Gasteiger partial charge in [0.1, 0.15) is 17.9 Å². The third-order valence-corrected chi connectivity index (χ3v) is 6.83. The number of halogens is 2. The summed E-state index contributed by atoms with van der Waals surface area (Å²) in [7, 11) is 1.23. The molecule has 2 aliphatic rings. The minimum atomic E-state index is -1.04. The van der Waals surface area contributed by atoms with Gasteiger partial charge in [-0.1, -0.05) is 23.7 Å². The molecule has 0 bridgehead atoms. The van der Waals surface area contributed by atoms with Crippen molar-refractivity contribution in [1.29, 1.82) is 0 Å². The number of aliphatic carboxylic acids is 1. The van der Waals surface area contributed by atoms with Gasteiger partial charge in [-0.05, 0) is 13.0 Å². The SMILES string of the molecule is COC(=O)C1=C(CN2CCO[C@H](C)[C@H]2C(=O)O)NC(c2nccs2)=N[C@H]1c1cccc(F)c1Cl. The number of carboxylic acid groups (broad SMARTS) is 1. The van der Waals surface area contributed by atoms with Gasteiger partial charge in [0.2, 0.25) is 0 Å². The summed E-state index contributed by atoms with van der Waals surface area (Å²) < 4.78 is 24.9. The van der Waals surface area contributed by atoms with Crippen molar-refractivity contribution in [2.75, 3.05) is 26.8 Å². The van der Waals surface area contributed by atoms with Crippen LogP contribution in [-0.4, -0.2) is 71.7 Å². The first kappa shape index (κ1) is 24.3. The summed E-state index contributed by atoms with van der Waals surface area (Å²) in [5.41, 5.74) is 0.761. The first-order valence-corrected chi connectivity index (χ1v) is 11.7. The molecule has 0 aliphatic carbocycles. The number of ether oxygens (including phenoxy) is 2. The molecule has 0 unspecified atom stereocenters. The van der Waals surface area contributed by atoms with Crippen LogP contribution in [0.15, 0.2) is 46.0 Å². The van der Waals surface area contributed by atoms with Crippen molar-refractivity contribution >= 4 is 40.7 Å². The van der Waals surface area contributed by atoms with Gasteiger partial charge in [-0.3, -0.25) is 14.7 Å². The average Bonchev–Trinajstić information content (AvgIpc) is 3.35. The minimum absolute atomic E-state index is 0.0585. The summed E-state index contributed by atoms with van der Waals surface area (Å²) in [6.45, 7) is 2.41. The lowest BCUT2D eigenvalue weighted by molar-refractivity contribution is -0.155. The van der Waals surface area contributed by atoms with Crippen molar-refractivity contribution < 1.29 is 28.6 Å². The number of thiazole rings is 1. The monoisotopic (exact) mass is 508 g/mol. The van der Waals surface area contributed by atoms with E-state index in [9.17, 15) is 19.1 Å². The van der Waals surface area contributed by atoms with Crippen LogP contribution in [0.3, 0.4) is 0 Å². The molecular formula is C22H22ClFN4O5S. The Bertz CT molecular complexity index is 1160. The number of hydrogen-bond acceptors (Lipinski definition) is 9. The molecule has 4 rings (SSSR count). The number of hydrogen-bond donors (Lipinski definition) is 2. The molecule has 9 nitrogen and oxygen atoms in total. The van der Waals surface area contributed by atoms with Crippen LogP contribution in [-0.2, 0) is 19.1 Å². The van der Waals surface area contributed by atoms with E-state index in [0.717, 1.165) is 0 Å². The number of amidine groups is 1. The van der Waals surface area contributed by atoms with E-state index in [1.165, 1.54) is 30.6 Å². The Kier molecular flexibility index (Phi) is 7.27. The number of carbonyl (C=O) groups excluding carboxylic acids is 1. The first-order chi connectivity index (χ1) is 16.3. The molecule has 1 aromatic carbocycles. The zero-order chi connectivity index (χ0) is 24.4. The molecule has 180 valence electrons. The number of morpholine rings is 1. The fraction of sp³-hybridized carbons (Fsp3) is 0.364. The lowest BCUT2D eigenvalue weighted by Gasteiger charge is -2.38. The molecule has 0 radical (unpaired) electrons. The zero-order valence-electron chi connectivity index (χ0n) is 18.3. The molecule has 0 saturated carbocycles. The van der Waals surface area contributed by atoms with Gasteiger partial charge in [-0.25, -0.2) is 14.2 Å². The second-order valence-corrected chi connectivity index (χ2v) is 8.97. The van der Waals surface area contributed by atoms with E-state index in [1.54, 1.807) is 29.5 Å². The summed E-state index contributed by atoms with van der Waals surface area (Å²) in [6, 6.07) is 2.36. The molecule has 34 heavy (non-hydrogen) atoms. The molecule has 0 amide bonds. The Labute approximate surface area is 203 Å². The van der Waals surface area contributed by atoms with Crippen LogP contribution in [0.4, 0.5) is 4.39 Å². The van der Waals surface area contributed by atoms with Gasteiger partial charge < -0.3 is 19.9 Å². The van der Waals surface area contributed by atoms with Crippen LogP contribution >= 0.6 is 22.9 Å². The van der Waals surface area contributed by atoms with Gasteiger partial charge >= 0.3 is 11.9 Å². The summed E-state index contributed by atoms with van der Waals surface area (Å²) in [5, 5.41) is 15.1. The Morgan fingerprint density at radius 1 is 1.44 bits per heavy atom. The van der Waals surface area contributed by atoms with E-state index in [4.69, 9.17) is 21.1 Å². The van der Waals surface area contributed by atoms with Gasteiger partial charge in [0.25, 0.3) is 0 Å². The van der Waals surface area contributed by atoms with Gasteiger partial charge in [-0.2, -0.15) is 0 Å². The van der Waals surface area contributed by atoms with Crippen LogP contribution in [0.2, 0.25) is 5.02 Å². The number of carboxylic acids is 1. The topological polar surface area (TPSA) is 113 Å². The number of nitrogens with one attached hydrogen (secondary N) is 1. The largest absolute Gasteiger partial charge is 0.480 e. The number of nitrogens with zero attached hydrogens (tertiary/aromatic N) is 3. The maximum absolute atomic E-state index is 14.3. The minimum Gasteiger partial charge on any atom is -0.480 e. The van der Waals surface area contributed by atoms with Crippen molar-refractivity contribution in [3.63, 3.8) is 0 Å². The fourth-order valence-corrected chi connectivity index (χ4v) is 4.91. The molecule has 1 saturated heterocycles. The lowest BCUT2D eigenvalue weighted by Crippen LogP contribution is -2.56. The number of benzene rings is 1. The third-order valence-electron chi connectivity index (χ3n) is 5.65. The van der Waals surface area contributed by atoms with E-state index < -0.39 is 35.9 Å². The van der Waals surface area contributed by atoms with Crippen molar-refractivity contribution in [2.45, 2.75) is 25.1 Å². The van der Waals surface area contributed by atoms with E-state index in [1.807, 2.05) is 0 Å². The number of methoxy groups -OCH3 is 1. The van der Waals surface area contributed by atoms with E-state index in [0.29, 0.717) is 29.7 Å². The highest BCUT2D eigenvalue weighted by molar-refractivity contribution is 7.11. The van der Waals surface area contributed by atoms with Crippen LogP contribution in [0.1, 0.15) is 23.5 Å². The van der Waals surface area contributed by atoms with Crippen LogP contribution in [0, 0.1) is 5.82 Å². The standard InChI is InChI=1S/C22H22ClFN4O5S/c1-11-18(21(29)30)28(7-8-33-11)10-14-15(22(31)32-2)17(12-4-3-5-13(24)16(12)23)27-19(26-14)20-25-6-9-34-20/h3-6,9,11,17-18H,7-8,10H2,1-2H3,(H,26,27)(H,29,30)/t11-,17+,18+/m1/s1. The first-order valence-electron chi connectivity index (χ1n) is 10.4. The van der Waals surface area contributed by atoms with Crippen LogP contribution in [0.25, 0.3) is 0 Å². The maximum Gasteiger partial charge on any atom is 0.338 e. The number of esters is 1. The van der Waals surface area contributed by atoms with Gasteiger partial charge in [0.05, 0.1) is 30.4 Å². The quantitative estimate of drug-likeness (QED) is 0.572. The summed E-state index contributed by atoms with van der Waals surface area (Å²) in [5.74, 6) is -2.02. The lowest BCUT2D eigenvalue weighted by atomic mass is 9.94. The molecule has 2 aromatic rings. The van der Waals surface area contributed by atoms with Gasteiger partial charge in [0, 0.05) is 35.9 Å². The Morgan fingerprint density at radius 3 is 2.91 bits per heavy atom. The number of aromatic nitrogens is 1. The zero-order valence-corrected chi connectivity index (χ0v) is 19.9. The van der Waals surface area contributed by atoms with E-state index in [-0.39, 0.29) is 22.7 Å². The molecule has 12 heteroatoms. The predicted molar refractivity (Wildman–Crippen MR) is 123 cm³/mol. The van der Waals surface area contributed by atoms with Crippen molar-refractivity contribution in [1.82, 2.24) is 15.2 Å². The molecule has 1 aromatic heterocycles. The Balaban J connectivity index is 1.84. The summed E-state index contributed by atoms with van der Waals surface area (Å²) in [4.78, 5) is 35.6. The van der Waals surface area contributed by atoms with Crippen molar-refractivity contribution in [3.05, 3.63) is 62.5 Å². The molecular weight excluding hydrogens is 487 g/mol. The number of rotatable bonds is 6. The maximum atomic E-state index is 14.3. The molecule has 2 aliphatic heterocycles. The third kappa shape index (κ3) is 4.69. The Hall–Kier alpha value is -2.86. The normalized spacial score (nSPS) is 23.3. The predicted octanol–water partition coefficient (Wildman–Crippen LogP) is 2.63. The molecule has 3 atom stereocenters. The highest BCUT2D eigenvalue weighted by Gasteiger charge is 2.39. The molecule has 0 spiro atoms. The number of aliphatic imine (C=N–C) groups is 1. The molecule has 3 heterocycles. The molecule has 1 fully saturated rings. The van der Waals surface area contributed by atoms with Crippen molar-refractivity contribution in [3.8, 4) is 0 Å². The van der Waals surface area contributed by atoms with Gasteiger partial charge in [0.15, 0.2) is 10.8 Å².